The lowest BCUT2D eigenvalue weighted by molar-refractivity contribution is -0.144. The number of aryl methyl sites for hydroxylation is 2. The lowest BCUT2D eigenvalue weighted by atomic mass is 9.89. The van der Waals surface area contributed by atoms with Gasteiger partial charge in [-0.25, -0.2) is 0 Å². The van der Waals surface area contributed by atoms with Crippen molar-refractivity contribution < 1.29 is 14.3 Å². The van der Waals surface area contributed by atoms with Crippen LogP contribution in [0.5, 0.6) is 0 Å². The first-order valence-electron chi connectivity index (χ1n) is 9.68. The summed E-state index contributed by atoms with van der Waals surface area (Å²) in [7, 11) is 0. The van der Waals surface area contributed by atoms with Crippen LogP contribution >= 0.6 is 39.0 Å². The molecule has 5 nitrogen and oxygen atoms in total. The van der Waals surface area contributed by atoms with Crippen molar-refractivity contribution in [2.45, 2.75) is 44.9 Å². The van der Waals surface area contributed by atoms with E-state index in [-0.39, 0.29) is 12.4 Å². The number of nitrogens with zero attached hydrogens (tertiary/aromatic N) is 1. The highest BCUT2D eigenvalue weighted by Gasteiger charge is 2.24. The lowest BCUT2D eigenvalue weighted by Crippen LogP contribution is -2.21. The van der Waals surface area contributed by atoms with Crippen molar-refractivity contribution in [2.24, 2.45) is 5.92 Å². The number of benzene rings is 1. The number of carbonyl (C=O) groups is 2. The Kier molecular flexibility index (Phi) is 7.61. The molecule has 30 heavy (non-hydrogen) atoms. The van der Waals surface area contributed by atoms with Gasteiger partial charge in [0.1, 0.15) is 11.1 Å². The van der Waals surface area contributed by atoms with Gasteiger partial charge in [0.05, 0.1) is 11.3 Å². The number of hydrogen-bond acceptors (Lipinski definition) is 6. The van der Waals surface area contributed by atoms with Gasteiger partial charge in [0, 0.05) is 14.2 Å². The second kappa shape index (κ2) is 9.99. The normalized spacial score (nSPS) is 15.2. The van der Waals surface area contributed by atoms with Gasteiger partial charge >= 0.3 is 5.97 Å². The number of ether oxygens (including phenoxy) is 1. The maximum atomic E-state index is 12.3. The minimum absolute atomic E-state index is 0.129. The van der Waals surface area contributed by atoms with Crippen molar-refractivity contribution >= 4 is 55.9 Å². The van der Waals surface area contributed by atoms with E-state index in [0.717, 1.165) is 45.3 Å². The van der Waals surface area contributed by atoms with E-state index in [4.69, 9.17) is 4.74 Å². The van der Waals surface area contributed by atoms with Gasteiger partial charge in [0.15, 0.2) is 6.61 Å². The van der Waals surface area contributed by atoms with Crippen LogP contribution in [0, 0.1) is 31.1 Å². The minimum atomic E-state index is -0.449. The molecule has 0 saturated carbocycles. The molecule has 3 rings (SSSR count). The molecule has 0 spiro atoms. The molecule has 0 saturated heterocycles. The van der Waals surface area contributed by atoms with E-state index < -0.39 is 11.9 Å². The predicted molar refractivity (Wildman–Crippen MR) is 124 cm³/mol. The number of anilines is 1. The summed E-state index contributed by atoms with van der Waals surface area (Å²) >= 11 is 6.35. The highest BCUT2D eigenvalue weighted by atomic mass is 79.9. The van der Waals surface area contributed by atoms with Gasteiger partial charge in [-0.15, -0.1) is 23.1 Å². The van der Waals surface area contributed by atoms with E-state index in [0.29, 0.717) is 16.5 Å². The third-order valence-corrected chi connectivity index (χ3v) is 8.20. The van der Waals surface area contributed by atoms with Crippen molar-refractivity contribution in [3.8, 4) is 6.07 Å². The summed E-state index contributed by atoms with van der Waals surface area (Å²) < 4.78 is 6.16. The predicted octanol–water partition coefficient (Wildman–Crippen LogP) is 5.40. The maximum absolute atomic E-state index is 12.3. The Labute approximate surface area is 193 Å². The summed E-state index contributed by atoms with van der Waals surface area (Å²) in [5.74, 6) is -0.158. The third-order valence-electron chi connectivity index (χ3n) is 5.04. The van der Waals surface area contributed by atoms with Crippen LogP contribution < -0.4 is 5.32 Å². The SMILES string of the molecule is Cc1cc(SCC(=O)OCC(=O)Nc2sc3c(c2C#N)CC[C@@H](C)C3)c(C)cc1Br. The van der Waals surface area contributed by atoms with Gasteiger partial charge in [-0.1, -0.05) is 22.9 Å². The summed E-state index contributed by atoms with van der Waals surface area (Å²) in [6.45, 7) is 5.82. The summed E-state index contributed by atoms with van der Waals surface area (Å²) in [6.07, 6.45) is 2.86. The van der Waals surface area contributed by atoms with Gasteiger partial charge in [-0.2, -0.15) is 5.26 Å². The molecule has 0 unspecified atom stereocenters. The molecule has 0 aliphatic heterocycles. The smallest absolute Gasteiger partial charge is 0.316 e. The monoisotopic (exact) mass is 506 g/mol. The quantitative estimate of drug-likeness (QED) is 0.419. The van der Waals surface area contributed by atoms with Crippen LogP contribution in [0.15, 0.2) is 21.5 Å². The maximum Gasteiger partial charge on any atom is 0.316 e. The molecule has 0 bridgehead atoms. The van der Waals surface area contributed by atoms with Gasteiger partial charge in [0.2, 0.25) is 0 Å². The Hall–Kier alpha value is -1.82. The van der Waals surface area contributed by atoms with Crippen molar-refractivity contribution in [3.63, 3.8) is 0 Å². The zero-order valence-corrected chi connectivity index (χ0v) is 20.4. The molecule has 1 N–H and O–H groups in total. The van der Waals surface area contributed by atoms with Crippen LogP contribution in [0.2, 0.25) is 0 Å². The summed E-state index contributed by atoms with van der Waals surface area (Å²) in [5, 5.41) is 12.8. The Morgan fingerprint density at radius 3 is 2.87 bits per heavy atom. The van der Waals surface area contributed by atoms with E-state index >= 15 is 0 Å². The first-order chi connectivity index (χ1) is 14.3. The van der Waals surface area contributed by atoms with Crippen LogP contribution in [0.4, 0.5) is 5.00 Å². The van der Waals surface area contributed by atoms with E-state index in [1.54, 1.807) is 0 Å². The molecule has 8 heteroatoms. The summed E-state index contributed by atoms with van der Waals surface area (Å²) in [6, 6.07) is 6.26. The fourth-order valence-corrected chi connectivity index (χ4v) is 6.09. The van der Waals surface area contributed by atoms with Gasteiger partial charge in [0.25, 0.3) is 5.91 Å². The Morgan fingerprint density at radius 2 is 2.13 bits per heavy atom. The number of nitriles is 1. The van der Waals surface area contributed by atoms with E-state index in [1.165, 1.54) is 28.0 Å². The highest BCUT2D eigenvalue weighted by molar-refractivity contribution is 9.10. The first-order valence-corrected chi connectivity index (χ1v) is 12.3. The summed E-state index contributed by atoms with van der Waals surface area (Å²) in [4.78, 5) is 26.5. The minimum Gasteiger partial charge on any atom is -0.455 e. The van der Waals surface area contributed by atoms with E-state index in [9.17, 15) is 14.9 Å². The zero-order valence-electron chi connectivity index (χ0n) is 17.1. The number of rotatable bonds is 6. The fourth-order valence-electron chi connectivity index (χ4n) is 3.35. The van der Waals surface area contributed by atoms with Gasteiger partial charge < -0.3 is 10.1 Å². The molecular weight excluding hydrogens is 484 g/mol. The largest absolute Gasteiger partial charge is 0.455 e. The molecule has 0 radical (unpaired) electrons. The number of thioether (sulfide) groups is 1. The van der Waals surface area contributed by atoms with Crippen molar-refractivity contribution in [2.75, 3.05) is 17.7 Å². The first kappa shape index (κ1) is 22.9. The van der Waals surface area contributed by atoms with Crippen LogP contribution in [0.25, 0.3) is 0 Å². The third kappa shape index (κ3) is 5.45. The van der Waals surface area contributed by atoms with Crippen molar-refractivity contribution in [3.05, 3.63) is 43.7 Å². The average Bonchev–Trinajstić information content (AvgIpc) is 3.03. The number of thiophene rings is 1. The van der Waals surface area contributed by atoms with E-state index in [1.807, 2.05) is 26.0 Å². The van der Waals surface area contributed by atoms with E-state index in [2.05, 4.69) is 34.2 Å². The number of fused-ring (bicyclic) bond motifs is 1. The van der Waals surface area contributed by atoms with Gasteiger partial charge in [-0.3, -0.25) is 9.59 Å². The number of carbonyl (C=O) groups excluding carboxylic acids is 2. The molecule has 2 aromatic rings. The summed E-state index contributed by atoms with van der Waals surface area (Å²) in [5.41, 5.74) is 3.78. The van der Waals surface area contributed by atoms with Crippen LogP contribution in [0.1, 0.15) is 40.5 Å². The average molecular weight is 507 g/mol. The van der Waals surface area contributed by atoms with Crippen LogP contribution in [-0.2, 0) is 27.2 Å². The Balaban J connectivity index is 1.52. The fraction of sp³-hybridized carbons (Fsp3) is 0.409. The van der Waals surface area contributed by atoms with Crippen molar-refractivity contribution in [1.29, 1.82) is 5.26 Å². The molecule has 1 aromatic heterocycles. The number of nitrogens with one attached hydrogen (secondary N) is 1. The molecule has 0 fully saturated rings. The molecule has 1 aromatic carbocycles. The number of esters is 1. The lowest BCUT2D eigenvalue weighted by Gasteiger charge is -2.17. The topological polar surface area (TPSA) is 79.2 Å². The number of amides is 1. The zero-order chi connectivity index (χ0) is 21.8. The Bertz CT molecular complexity index is 1030. The standard InChI is InChI=1S/C22H23BrN2O3S2/c1-12-4-5-15-16(9-24)22(30-19(15)6-12)25-20(26)10-28-21(27)11-29-18-8-13(2)17(23)7-14(18)3/h7-8,12H,4-6,10-11H2,1-3H3,(H,25,26)/t12-/m1/s1. The Morgan fingerprint density at radius 1 is 1.37 bits per heavy atom. The number of halogens is 1. The number of hydrogen-bond donors (Lipinski definition) is 1. The molecule has 1 aliphatic rings. The van der Waals surface area contributed by atoms with Gasteiger partial charge in [-0.05, 0) is 67.9 Å². The molecule has 1 heterocycles. The molecule has 1 aliphatic carbocycles. The highest BCUT2D eigenvalue weighted by Crippen LogP contribution is 2.39. The molecular formula is C22H23BrN2O3S2. The van der Waals surface area contributed by atoms with Crippen LogP contribution in [-0.4, -0.2) is 24.2 Å². The van der Waals surface area contributed by atoms with Crippen LogP contribution in [0.3, 0.4) is 0 Å². The molecule has 158 valence electrons. The molecule has 1 amide bonds. The molecule has 1 atom stereocenters. The second-order valence-corrected chi connectivity index (χ2v) is 10.5. The second-order valence-electron chi connectivity index (χ2n) is 7.53. The van der Waals surface area contributed by atoms with Crippen molar-refractivity contribution in [1.82, 2.24) is 0 Å².